The quantitative estimate of drug-likeness (QED) is 0.824. The summed E-state index contributed by atoms with van der Waals surface area (Å²) in [6.45, 7) is 6.50. The summed E-state index contributed by atoms with van der Waals surface area (Å²) in [5.74, 6) is -0.0121. The summed E-state index contributed by atoms with van der Waals surface area (Å²) in [5.41, 5.74) is 0.435. The summed E-state index contributed by atoms with van der Waals surface area (Å²) in [7, 11) is 0. The Morgan fingerprint density at radius 1 is 1.41 bits per heavy atom. The zero-order valence-corrected chi connectivity index (χ0v) is 10.6. The second-order valence-corrected chi connectivity index (χ2v) is 4.18. The highest BCUT2D eigenvalue weighted by Gasteiger charge is 2.18. The van der Waals surface area contributed by atoms with Crippen LogP contribution in [-0.4, -0.2) is 34.3 Å². The zero-order valence-electron chi connectivity index (χ0n) is 10.6. The van der Waals surface area contributed by atoms with Crippen LogP contribution in [0.25, 0.3) is 0 Å². The van der Waals surface area contributed by atoms with Gasteiger partial charge in [-0.15, -0.1) is 0 Å². The number of hydrogen-bond donors (Lipinski definition) is 1. The molecule has 1 heterocycles. The van der Waals surface area contributed by atoms with Gasteiger partial charge in [0.15, 0.2) is 11.6 Å². The summed E-state index contributed by atoms with van der Waals surface area (Å²) in [6.07, 6.45) is 2.54. The van der Waals surface area contributed by atoms with E-state index in [0.29, 0.717) is 30.9 Å². The van der Waals surface area contributed by atoms with Crippen LogP contribution < -0.4 is 4.90 Å². The summed E-state index contributed by atoms with van der Waals surface area (Å²) >= 11 is 0. The Kier molecular flexibility index (Phi) is 5.28. The number of aliphatic hydroxyl groups is 1. The van der Waals surface area contributed by atoms with Crippen molar-refractivity contribution in [1.29, 1.82) is 0 Å². The highest BCUT2D eigenvalue weighted by atomic mass is 19.1. The molecule has 0 saturated heterocycles. The maximum absolute atomic E-state index is 14.1. The van der Waals surface area contributed by atoms with Crippen LogP contribution in [0.15, 0.2) is 6.33 Å². The van der Waals surface area contributed by atoms with Crippen molar-refractivity contribution in [2.24, 2.45) is 0 Å². The van der Waals surface area contributed by atoms with Crippen molar-refractivity contribution in [2.45, 2.75) is 39.7 Å². The second kappa shape index (κ2) is 6.49. The molecule has 0 radical (unpaired) electrons. The number of hydrogen-bond acceptors (Lipinski definition) is 4. The van der Waals surface area contributed by atoms with Crippen molar-refractivity contribution in [3.05, 3.63) is 17.8 Å². The van der Waals surface area contributed by atoms with E-state index in [2.05, 4.69) is 9.97 Å². The molecule has 0 spiro atoms. The van der Waals surface area contributed by atoms with Crippen molar-refractivity contribution in [3.63, 3.8) is 0 Å². The molecule has 0 unspecified atom stereocenters. The van der Waals surface area contributed by atoms with E-state index >= 15 is 0 Å². The number of anilines is 1. The molecule has 0 aliphatic carbocycles. The molecule has 96 valence electrons. The fourth-order valence-corrected chi connectivity index (χ4v) is 1.69. The molecule has 0 saturated carbocycles. The summed E-state index contributed by atoms with van der Waals surface area (Å²) in [6, 6.07) is 0.135. The first-order chi connectivity index (χ1) is 8.11. The molecule has 1 N–H and O–H groups in total. The third-order valence-electron chi connectivity index (χ3n) is 2.63. The van der Waals surface area contributed by atoms with E-state index in [1.807, 2.05) is 25.7 Å². The van der Waals surface area contributed by atoms with Gasteiger partial charge in [0.2, 0.25) is 0 Å². The van der Waals surface area contributed by atoms with E-state index in [4.69, 9.17) is 5.11 Å². The monoisotopic (exact) mass is 241 g/mol. The van der Waals surface area contributed by atoms with Crippen LogP contribution in [0, 0.1) is 5.82 Å². The predicted octanol–water partition coefficient (Wildman–Crippen LogP) is 1.78. The lowest BCUT2D eigenvalue weighted by Crippen LogP contribution is -2.34. The Morgan fingerprint density at radius 3 is 2.65 bits per heavy atom. The summed E-state index contributed by atoms with van der Waals surface area (Å²) in [5, 5.41) is 8.86. The van der Waals surface area contributed by atoms with Gasteiger partial charge < -0.3 is 10.0 Å². The Hall–Kier alpha value is -1.23. The molecule has 0 bridgehead atoms. The van der Waals surface area contributed by atoms with Crippen LogP contribution in [0.2, 0.25) is 0 Å². The van der Waals surface area contributed by atoms with Crippen molar-refractivity contribution in [2.75, 3.05) is 18.1 Å². The van der Waals surface area contributed by atoms with Gasteiger partial charge in [-0.25, -0.2) is 14.4 Å². The molecule has 0 aliphatic rings. The van der Waals surface area contributed by atoms with Gasteiger partial charge in [-0.1, -0.05) is 6.92 Å². The Morgan fingerprint density at radius 2 is 2.12 bits per heavy atom. The van der Waals surface area contributed by atoms with Gasteiger partial charge in [0.25, 0.3) is 0 Å². The third kappa shape index (κ3) is 3.36. The van der Waals surface area contributed by atoms with Gasteiger partial charge in [0.05, 0.1) is 5.69 Å². The van der Waals surface area contributed by atoms with Crippen molar-refractivity contribution >= 4 is 5.82 Å². The van der Waals surface area contributed by atoms with Gasteiger partial charge >= 0.3 is 0 Å². The van der Waals surface area contributed by atoms with Crippen molar-refractivity contribution < 1.29 is 9.50 Å². The summed E-state index contributed by atoms with van der Waals surface area (Å²) < 4.78 is 14.1. The Bertz CT molecular complexity index is 358. The standard InChI is InChI=1S/C12H20FN3O/c1-4-10-11(13)12(15-8-14-10)16(9(2)3)6-5-7-17/h8-9,17H,4-7H2,1-3H3. The number of rotatable bonds is 6. The smallest absolute Gasteiger partial charge is 0.187 e. The average Bonchev–Trinajstić information content (AvgIpc) is 2.31. The van der Waals surface area contributed by atoms with E-state index in [1.165, 1.54) is 6.33 Å². The van der Waals surface area contributed by atoms with Crippen LogP contribution in [0.4, 0.5) is 10.2 Å². The largest absolute Gasteiger partial charge is 0.396 e. The van der Waals surface area contributed by atoms with Gasteiger partial charge in [-0.3, -0.25) is 0 Å². The second-order valence-electron chi connectivity index (χ2n) is 4.18. The molecule has 0 aromatic carbocycles. The van der Waals surface area contributed by atoms with Crippen LogP contribution in [-0.2, 0) is 6.42 Å². The number of aryl methyl sites for hydroxylation is 1. The zero-order chi connectivity index (χ0) is 12.8. The van der Waals surface area contributed by atoms with E-state index < -0.39 is 0 Å². The SMILES string of the molecule is CCc1ncnc(N(CCCO)C(C)C)c1F. The lowest BCUT2D eigenvalue weighted by atomic mass is 10.2. The van der Waals surface area contributed by atoms with Crippen molar-refractivity contribution in [3.8, 4) is 0 Å². The van der Waals surface area contributed by atoms with Crippen LogP contribution >= 0.6 is 0 Å². The minimum absolute atomic E-state index is 0.0938. The highest BCUT2D eigenvalue weighted by Crippen LogP contribution is 2.20. The van der Waals surface area contributed by atoms with Gasteiger partial charge in [-0.05, 0) is 26.7 Å². The van der Waals surface area contributed by atoms with E-state index in [1.54, 1.807) is 0 Å². The first-order valence-electron chi connectivity index (χ1n) is 5.98. The normalized spacial score (nSPS) is 10.9. The van der Waals surface area contributed by atoms with Crippen LogP contribution in [0.1, 0.15) is 32.9 Å². The number of halogens is 1. The molecule has 0 amide bonds. The van der Waals surface area contributed by atoms with E-state index in [0.717, 1.165) is 0 Å². The number of aliphatic hydroxyl groups excluding tert-OH is 1. The molecule has 4 nitrogen and oxygen atoms in total. The highest BCUT2D eigenvalue weighted by molar-refractivity contribution is 5.41. The molecule has 1 aromatic rings. The maximum Gasteiger partial charge on any atom is 0.187 e. The summed E-state index contributed by atoms with van der Waals surface area (Å²) in [4.78, 5) is 9.79. The van der Waals surface area contributed by atoms with Gasteiger partial charge in [0.1, 0.15) is 6.33 Å². The minimum Gasteiger partial charge on any atom is -0.396 e. The fourth-order valence-electron chi connectivity index (χ4n) is 1.69. The predicted molar refractivity (Wildman–Crippen MR) is 65.6 cm³/mol. The molecular formula is C12H20FN3O. The molecule has 5 heteroatoms. The number of aromatic nitrogens is 2. The van der Waals surface area contributed by atoms with Gasteiger partial charge in [0, 0.05) is 19.2 Å². The lowest BCUT2D eigenvalue weighted by Gasteiger charge is -2.28. The van der Waals surface area contributed by atoms with Crippen LogP contribution in [0.5, 0.6) is 0 Å². The molecule has 0 aliphatic heterocycles. The lowest BCUT2D eigenvalue weighted by molar-refractivity contribution is 0.288. The fraction of sp³-hybridized carbons (Fsp3) is 0.667. The average molecular weight is 241 g/mol. The first kappa shape index (κ1) is 13.8. The minimum atomic E-state index is -0.346. The molecular weight excluding hydrogens is 221 g/mol. The number of nitrogens with zero attached hydrogens (tertiary/aromatic N) is 3. The third-order valence-corrected chi connectivity index (χ3v) is 2.63. The Labute approximate surface area is 102 Å². The van der Waals surface area contributed by atoms with E-state index in [-0.39, 0.29) is 18.5 Å². The molecule has 17 heavy (non-hydrogen) atoms. The van der Waals surface area contributed by atoms with E-state index in [9.17, 15) is 4.39 Å². The first-order valence-corrected chi connectivity index (χ1v) is 5.98. The topological polar surface area (TPSA) is 49.2 Å². The molecule has 0 fully saturated rings. The van der Waals surface area contributed by atoms with Crippen LogP contribution in [0.3, 0.4) is 0 Å². The molecule has 1 aromatic heterocycles. The molecule has 1 rings (SSSR count). The Balaban J connectivity index is 3.01. The molecule has 0 atom stereocenters. The maximum atomic E-state index is 14.1. The van der Waals surface area contributed by atoms with Crippen molar-refractivity contribution in [1.82, 2.24) is 9.97 Å². The van der Waals surface area contributed by atoms with Gasteiger partial charge in [-0.2, -0.15) is 0 Å².